The highest BCUT2D eigenvalue weighted by molar-refractivity contribution is 5.91. The second kappa shape index (κ2) is 6.65. The van der Waals surface area contributed by atoms with Crippen molar-refractivity contribution in [3.05, 3.63) is 29.6 Å². The molecule has 1 aromatic carbocycles. The minimum atomic E-state index is -0.963. The van der Waals surface area contributed by atoms with Crippen LogP contribution in [0.25, 0.3) is 0 Å². The van der Waals surface area contributed by atoms with E-state index in [2.05, 4.69) is 11.4 Å². The minimum absolute atomic E-state index is 0.117. The molecule has 1 atom stereocenters. The van der Waals surface area contributed by atoms with Gasteiger partial charge in [-0.3, -0.25) is 4.79 Å². The molecule has 1 fully saturated rings. The number of methoxy groups -OCH3 is 1. The number of carbonyl (C=O) groups excluding carboxylic acids is 2. The molecule has 0 bridgehead atoms. The van der Waals surface area contributed by atoms with Crippen LogP contribution in [0.3, 0.4) is 0 Å². The highest BCUT2D eigenvalue weighted by Gasteiger charge is 2.43. The highest BCUT2D eigenvalue weighted by Crippen LogP contribution is 2.39. The lowest BCUT2D eigenvalue weighted by Crippen LogP contribution is -2.48. The van der Waals surface area contributed by atoms with Gasteiger partial charge in [-0.1, -0.05) is 0 Å². The van der Waals surface area contributed by atoms with Gasteiger partial charge in [-0.15, -0.1) is 0 Å². The van der Waals surface area contributed by atoms with E-state index in [1.807, 2.05) is 0 Å². The van der Waals surface area contributed by atoms with Crippen molar-refractivity contribution in [2.45, 2.75) is 25.3 Å². The van der Waals surface area contributed by atoms with Crippen molar-refractivity contribution in [1.29, 1.82) is 5.26 Å². The van der Waals surface area contributed by atoms with Crippen LogP contribution in [0.15, 0.2) is 18.2 Å². The average Bonchev–Trinajstić information content (AvgIpc) is 3.37. The van der Waals surface area contributed by atoms with Crippen molar-refractivity contribution < 1.29 is 23.5 Å². The number of nitrogens with one attached hydrogen (secondary N) is 1. The Labute approximate surface area is 133 Å². The molecule has 23 heavy (non-hydrogen) atoms. The fourth-order valence-electron chi connectivity index (χ4n) is 2.20. The van der Waals surface area contributed by atoms with E-state index in [4.69, 9.17) is 14.7 Å². The van der Waals surface area contributed by atoms with Crippen LogP contribution >= 0.6 is 0 Å². The van der Waals surface area contributed by atoms with E-state index in [1.54, 1.807) is 6.92 Å². The number of hydrogen-bond acceptors (Lipinski definition) is 5. The number of esters is 1. The molecule has 0 saturated heterocycles. The van der Waals surface area contributed by atoms with E-state index < -0.39 is 29.8 Å². The standard InChI is InChI=1S/C16H17FN2O4/c1-16(9-18,10-3-4-10)19-14(20)8-23-15(21)12-6-5-11(22-2)7-13(12)17/h5-7,10H,3-4,8H2,1-2H3,(H,19,20)/t16-/m0/s1. The van der Waals surface area contributed by atoms with Crippen LogP contribution in [-0.4, -0.2) is 31.1 Å². The third-order valence-corrected chi connectivity index (χ3v) is 3.76. The lowest BCUT2D eigenvalue weighted by atomic mass is 9.98. The average molecular weight is 320 g/mol. The zero-order chi connectivity index (χ0) is 17.0. The first-order chi connectivity index (χ1) is 10.9. The molecule has 6 nitrogen and oxygen atoms in total. The lowest BCUT2D eigenvalue weighted by molar-refractivity contribution is -0.125. The first-order valence-electron chi connectivity index (χ1n) is 7.12. The molecule has 1 amide bonds. The summed E-state index contributed by atoms with van der Waals surface area (Å²) in [4.78, 5) is 23.6. The third-order valence-electron chi connectivity index (χ3n) is 3.76. The van der Waals surface area contributed by atoms with Gasteiger partial charge in [0.05, 0.1) is 18.7 Å². The summed E-state index contributed by atoms with van der Waals surface area (Å²) in [6.07, 6.45) is 1.75. The first kappa shape index (κ1) is 16.7. The molecule has 0 aromatic heterocycles. The molecule has 1 aliphatic carbocycles. The molecule has 7 heteroatoms. The van der Waals surface area contributed by atoms with E-state index in [-0.39, 0.29) is 17.2 Å². The van der Waals surface area contributed by atoms with Gasteiger partial charge in [-0.05, 0) is 37.8 Å². The van der Waals surface area contributed by atoms with E-state index in [1.165, 1.54) is 19.2 Å². The Morgan fingerprint density at radius 2 is 2.17 bits per heavy atom. The quantitative estimate of drug-likeness (QED) is 0.807. The summed E-state index contributed by atoms with van der Waals surface area (Å²) in [5, 5.41) is 11.7. The molecule has 1 aromatic rings. The predicted octanol–water partition coefficient (Wildman–Crippen LogP) is 1.80. The molecule has 1 N–H and O–H groups in total. The molecule has 0 unspecified atom stereocenters. The van der Waals surface area contributed by atoms with Crippen LogP contribution in [0.2, 0.25) is 0 Å². The summed E-state index contributed by atoms with van der Waals surface area (Å²) in [5.74, 6) is -1.96. The summed E-state index contributed by atoms with van der Waals surface area (Å²) in [7, 11) is 1.38. The molecule has 2 rings (SSSR count). The van der Waals surface area contributed by atoms with Crippen LogP contribution < -0.4 is 10.1 Å². The number of carbonyl (C=O) groups is 2. The maximum Gasteiger partial charge on any atom is 0.341 e. The zero-order valence-electron chi connectivity index (χ0n) is 12.9. The van der Waals surface area contributed by atoms with E-state index in [0.29, 0.717) is 0 Å². The van der Waals surface area contributed by atoms with Crippen molar-refractivity contribution in [2.75, 3.05) is 13.7 Å². The van der Waals surface area contributed by atoms with E-state index in [0.717, 1.165) is 18.9 Å². The fraction of sp³-hybridized carbons (Fsp3) is 0.438. The monoisotopic (exact) mass is 320 g/mol. The van der Waals surface area contributed by atoms with Gasteiger partial charge in [-0.25, -0.2) is 9.18 Å². The Kier molecular flexibility index (Phi) is 4.84. The molecular weight excluding hydrogens is 303 g/mol. The van der Waals surface area contributed by atoms with Crippen molar-refractivity contribution in [2.24, 2.45) is 5.92 Å². The lowest BCUT2D eigenvalue weighted by Gasteiger charge is -2.22. The number of amides is 1. The van der Waals surface area contributed by atoms with Gasteiger partial charge in [0.25, 0.3) is 5.91 Å². The van der Waals surface area contributed by atoms with Crippen LogP contribution in [0.1, 0.15) is 30.1 Å². The molecule has 122 valence electrons. The smallest absolute Gasteiger partial charge is 0.341 e. The second-order valence-electron chi connectivity index (χ2n) is 5.56. The topological polar surface area (TPSA) is 88.4 Å². The summed E-state index contributed by atoms with van der Waals surface area (Å²) < 4.78 is 23.4. The van der Waals surface area contributed by atoms with Gasteiger partial charge in [0.1, 0.15) is 17.1 Å². The summed E-state index contributed by atoms with van der Waals surface area (Å²) in [6, 6.07) is 5.75. The van der Waals surface area contributed by atoms with Crippen molar-refractivity contribution in [1.82, 2.24) is 5.32 Å². The fourth-order valence-corrected chi connectivity index (χ4v) is 2.20. The molecule has 0 spiro atoms. The van der Waals surface area contributed by atoms with Gasteiger partial charge in [-0.2, -0.15) is 5.26 Å². The van der Waals surface area contributed by atoms with Gasteiger partial charge in [0.2, 0.25) is 0 Å². The Morgan fingerprint density at radius 1 is 1.48 bits per heavy atom. The second-order valence-corrected chi connectivity index (χ2v) is 5.56. The van der Waals surface area contributed by atoms with Crippen LogP contribution in [-0.2, 0) is 9.53 Å². The van der Waals surface area contributed by atoms with Crippen LogP contribution in [0.5, 0.6) is 5.75 Å². The van der Waals surface area contributed by atoms with Gasteiger partial charge in [0, 0.05) is 6.07 Å². The van der Waals surface area contributed by atoms with E-state index in [9.17, 15) is 14.0 Å². The Balaban J connectivity index is 1.91. The maximum absolute atomic E-state index is 13.7. The molecule has 0 heterocycles. The van der Waals surface area contributed by atoms with Crippen molar-refractivity contribution in [3.8, 4) is 11.8 Å². The predicted molar refractivity (Wildman–Crippen MR) is 78.1 cm³/mol. The summed E-state index contributed by atoms with van der Waals surface area (Å²) in [5.41, 5.74) is -1.25. The molecule has 0 radical (unpaired) electrons. The number of benzene rings is 1. The number of nitriles is 1. The normalized spacial score (nSPS) is 15.9. The molecule has 1 aliphatic rings. The largest absolute Gasteiger partial charge is 0.497 e. The Hall–Kier alpha value is -2.62. The minimum Gasteiger partial charge on any atom is -0.497 e. The number of hydrogen-bond donors (Lipinski definition) is 1. The zero-order valence-corrected chi connectivity index (χ0v) is 12.9. The van der Waals surface area contributed by atoms with Gasteiger partial charge < -0.3 is 14.8 Å². The number of rotatable bonds is 6. The number of ether oxygens (including phenoxy) is 2. The number of nitrogens with zero attached hydrogens (tertiary/aromatic N) is 1. The molecule has 0 aliphatic heterocycles. The SMILES string of the molecule is COc1ccc(C(=O)OCC(=O)N[C@@](C)(C#N)C2CC2)c(F)c1. The van der Waals surface area contributed by atoms with Crippen molar-refractivity contribution >= 4 is 11.9 Å². The van der Waals surface area contributed by atoms with Crippen LogP contribution in [0.4, 0.5) is 4.39 Å². The summed E-state index contributed by atoms with van der Waals surface area (Å²) in [6.45, 7) is 1.06. The van der Waals surface area contributed by atoms with E-state index >= 15 is 0 Å². The number of halogens is 1. The first-order valence-corrected chi connectivity index (χ1v) is 7.12. The molecular formula is C16H17FN2O4. The maximum atomic E-state index is 13.7. The van der Waals surface area contributed by atoms with Gasteiger partial charge in [0.15, 0.2) is 6.61 Å². The molecule has 1 saturated carbocycles. The van der Waals surface area contributed by atoms with Crippen molar-refractivity contribution in [3.63, 3.8) is 0 Å². The van der Waals surface area contributed by atoms with Gasteiger partial charge >= 0.3 is 5.97 Å². The Bertz CT molecular complexity index is 667. The van der Waals surface area contributed by atoms with Crippen LogP contribution in [0, 0.1) is 23.1 Å². The third kappa shape index (κ3) is 3.97. The summed E-state index contributed by atoms with van der Waals surface area (Å²) >= 11 is 0. The highest BCUT2D eigenvalue weighted by atomic mass is 19.1. The Morgan fingerprint density at radius 3 is 2.70 bits per heavy atom.